The van der Waals surface area contributed by atoms with Crippen LogP contribution in [-0.2, 0) is 36.9 Å². The average Bonchev–Trinajstić information content (AvgIpc) is 3.44. The van der Waals surface area contributed by atoms with Crippen LogP contribution in [0.25, 0.3) is 0 Å². The fraction of sp³-hybridized carbons (Fsp3) is 0.478. The summed E-state index contributed by atoms with van der Waals surface area (Å²) >= 11 is 0. The van der Waals surface area contributed by atoms with E-state index in [4.69, 9.17) is 18.9 Å². The van der Waals surface area contributed by atoms with E-state index in [0.717, 1.165) is 17.5 Å². The predicted molar refractivity (Wildman–Crippen MR) is 103 cm³/mol. The summed E-state index contributed by atoms with van der Waals surface area (Å²) in [5.74, 6) is -1.25. The molecule has 0 saturated carbocycles. The molecule has 2 aliphatic heterocycles. The van der Waals surface area contributed by atoms with Crippen molar-refractivity contribution in [1.29, 1.82) is 0 Å². The second kappa shape index (κ2) is 5.89. The molecule has 0 aromatic heterocycles. The van der Waals surface area contributed by atoms with E-state index in [0.29, 0.717) is 0 Å². The monoisotopic (exact) mass is 368 g/mol. The summed E-state index contributed by atoms with van der Waals surface area (Å²) in [6, 6.07) is 16.9. The zero-order valence-corrected chi connectivity index (χ0v) is 17.0. The van der Waals surface area contributed by atoms with Gasteiger partial charge in [0.05, 0.1) is 0 Å². The molecule has 2 heterocycles. The van der Waals surface area contributed by atoms with E-state index < -0.39 is 11.6 Å². The fourth-order valence-electron chi connectivity index (χ4n) is 4.26. The maximum absolute atomic E-state index is 5.87. The van der Waals surface area contributed by atoms with Gasteiger partial charge in [-0.1, -0.05) is 42.5 Å². The third-order valence-electron chi connectivity index (χ3n) is 5.92. The van der Waals surface area contributed by atoms with Crippen LogP contribution < -0.4 is 0 Å². The SMILES string of the molecule is COC1(c2ccc(Cc3cccc(C4(OC)OC4(C)C)c3)cc2)OC1(C)C. The molecule has 2 saturated heterocycles. The summed E-state index contributed by atoms with van der Waals surface area (Å²) in [6.45, 7) is 8.19. The summed E-state index contributed by atoms with van der Waals surface area (Å²) < 4.78 is 23.0. The van der Waals surface area contributed by atoms with Gasteiger partial charge in [0.15, 0.2) is 0 Å². The lowest BCUT2D eigenvalue weighted by atomic mass is 9.94. The number of methoxy groups -OCH3 is 2. The second-order valence-electron chi connectivity index (χ2n) is 8.44. The molecule has 2 aromatic rings. The Bertz CT molecular complexity index is 855. The molecule has 2 unspecified atom stereocenters. The molecule has 2 aromatic carbocycles. The summed E-state index contributed by atoms with van der Waals surface area (Å²) in [6.07, 6.45) is 0.846. The molecule has 0 bridgehead atoms. The van der Waals surface area contributed by atoms with Crippen LogP contribution in [0.2, 0.25) is 0 Å². The van der Waals surface area contributed by atoms with Crippen molar-refractivity contribution in [1.82, 2.24) is 0 Å². The molecule has 0 spiro atoms. The number of epoxide rings is 2. The molecule has 0 amide bonds. The third-order valence-corrected chi connectivity index (χ3v) is 5.92. The number of benzene rings is 2. The number of hydrogen-bond donors (Lipinski definition) is 0. The molecule has 2 aliphatic rings. The van der Waals surface area contributed by atoms with Crippen LogP contribution in [0.5, 0.6) is 0 Å². The van der Waals surface area contributed by atoms with E-state index in [1.807, 2.05) is 13.8 Å². The molecule has 0 radical (unpaired) electrons. The lowest BCUT2D eigenvalue weighted by molar-refractivity contribution is -0.0150. The highest BCUT2D eigenvalue weighted by atomic mass is 16.8. The van der Waals surface area contributed by atoms with Crippen molar-refractivity contribution in [2.24, 2.45) is 0 Å². The van der Waals surface area contributed by atoms with E-state index >= 15 is 0 Å². The normalized spacial score (nSPS) is 30.1. The largest absolute Gasteiger partial charge is 0.347 e. The van der Waals surface area contributed by atoms with Crippen molar-refractivity contribution in [3.63, 3.8) is 0 Å². The first-order chi connectivity index (χ1) is 12.7. The molecular formula is C23H28O4. The summed E-state index contributed by atoms with van der Waals surface area (Å²) in [4.78, 5) is 0. The zero-order valence-electron chi connectivity index (χ0n) is 17.0. The van der Waals surface area contributed by atoms with Crippen LogP contribution in [0.4, 0.5) is 0 Å². The van der Waals surface area contributed by atoms with E-state index in [1.54, 1.807) is 14.2 Å². The van der Waals surface area contributed by atoms with Gasteiger partial charge in [-0.15, -0.1) is 0 Å². The minimum Gasteiger partial charge on any atom is -0.347 e. The van der Waals surface area contributed by atoms with Crippen LogP contribution >= 0.6 is 0 Å². The average molecular weight is 368 g/mol. The van der Waals surface area contributed by atoms with Gasteiger partial charge < -0.3 is 18.9 Å². The quantitative estimate of drug-likeness (QED) is 0.705. The molecule has 2 atom stereocenters. The Labute approximate surface area is 161 Å². The van der Waals surface area contributed by atoms with E-state index in [2.05, 4.69) is 62.4 Å². The van der Waals surface area contributed by atoms with Crippen LogP contribution in [-0.4, -0.2) is 25.4 Å². The van der Waals surface area contributed by atoms with Crippen LogP contribution in [0.15, 0.2) is 48.5 Å². The molecule has 4 rings (SSSR count). The minimum absolute atomic E-state index is 0.289. The molecule has 0 aliphatic carbocycles. The topological polar surface area (TPSA) is 43.5 Å². The van der Waals surface area contributed by atoms with Gasteiger partial charge in [-0.25, -0.2) is 0 Å². The Balaban J connectivity index is 1.53. The van der Waals surface area contributed by atoms with Crippen molar-refractivity contribution in [2.75, 3.05) is 14.2 Å². The smallest absolute Gasteiger partial charge is 0.225 e. The van der Waals surface area contributed by atoms with Crippen molar-refractivity contribution < 1.29 is 18.9 Å². The van der Waals surface area contributed by atoms with Crippen molar-refractivity contribution in [3.05, 3.63) is 70.8 Å². The maximum atomic E-state index is 5.87. The first-order valence-electron chi connectivity index (χ1n) is 9.39. The number of rotatable bonds is 6. The number of hydrogen-bond acceptors (Lipinski definition) is 4. The molecule has 144 valence electrons. The Morgan fingerprint density at radius 3 is 1.70 bits per heavy atom. The fourth-order valence-corrected chi connectivity index (χ4v) is 4.26. The Morgan fingerprint density at radius 2 is 1.22 bits per heavy atom. The first kappa shape index (κ1) is 18.6. The van der Waals surface area contributed by atoms with E-state index in [9.17, 15) is 0 Å². The highest BCUT2D eigenvalue weighted by Gasteiger charge is 2.67. The highest BCUT2D eigenvalue weighted by molar-refractivity contribution is 5.38. The van der Waals surface area contributed by atoms with Crippen LogP contribution in [0.3, 0.4) is 0 Å². The second-order valence-corrected chi connectivity index (χ2v) is 8.44. The summed E-state index contributed by atoms with van der Waals surface area (Å²) in [7, 11) is 3.40. The minimum atomic E-state index is -0.632. The van der Waals surface area contributed by atoms with Crippen molar-refractivity contribution in [3.8, 4) is 0 Å². The predicted octanol–water partition coefficient (Wildman–Crippen LogP) is 4.49. The van der Waals surface area contributed by atoms with Gasteiger partial charge in [0.25, 0.3) is 0 Å². The third kappa shape index (κ3) is 2.74. The molecule has 0 N–H and O–H groups in total. The van der Waals surface area contributed by atoms with E-state index in [1.165, 1.54) is 11.1 Å². The van der Waals surface area contributed by atoms with Gasteiger partial charge in [0, 0.05) is 25.3 Å². The lowest BCUT2D eigenvalue weighted by Gasteiger charge is -2.16. The molecule has 2 fully saturated rings. The van der Waals surface area contributed by atoms with Gasteiger partial charge in [0.2, 0.25) is 11.6 Å². The molecular weight excluding hydrogens is 340 g/mol. The highest BCUT2D eigenvalue weighted by Crippen LogP contribution is 2.56. The molecule has 27 heavy (non-hydrogen) atoms. The van der Waals surface area contributed by atoms with Gasteiger partial charge in [-0.05, 0) is 51.3 Å². The van der Waals surface area contributed by atoms with Gasteiger partial charge in [-0.3, -0.25) is 0 Å². The number of ether oxygens (including phenoxy) is 4. The Hall–Kier alpha value is -1.72. The standard InChI is InChI=1S/C23H28O4/c1-20(2)22(24-5,26-20)18-12-10-16(11-13-18)14-17-8-7-9-19(15-17)23(25-6)21(3,4)27-23/h7-13,15H,14H2,1-6H3. The van der Waals surface area contributed by atoms with Crippen molar-refractivity contribution >= 4 is 0 Å². The van der Waals surface area contributed by atoms with Gasteiger partial charge >= 0.3 is 0 Å². The van der Waals surface area contributed by atoms with E-state index in [-0.39, 0.29) is 11.2 Å². The molecule has 4 heteroatoms. The van der Waals surface area contributed by atoms with Gasteiger partial charge in [-0.2, -0.15) is 0 Å². The summed E-state index contributed by atoms with van der Waals surface area (Å²) in [5.41, 5.74) is 4.00. The summed E-state index contributed by atoms with van der Waals surface area (Å²) in [5, 5.41) is 0. The lowest BCUT2D eigenvalue weighted by Crippen LogP contribution is -2.21. The first-order valence-corrected chi connectivity index (χ1v) is 9.39. The van der Waals surface area contributed by atoms with Crippen LogP contribution in [0, 0.1) is 0 Å². The molecule has 4 nitrogen and oxygen atoms in total. The maximum Gasteiger partial charge on any atom is 0.225 e. The van der Waals surface area contributed by atoms with Crippen LogP contribution in [0.1, 0.15) is 49.9 Å². The Kier molecular flexibility index (Phi) is 4.06. The Morgan fingerprint density at radius 1 is 0.704 bits per heavy atom. The van der Waals surface area contributed by atoms with Crippen molar-refractivity contribution in [2.45, 2.75) is 56.9 Å². The van der Waals surface area contributed by atoms with Gasteiger partial charge in [0.1, 0.15) is 11.2 Å². The zero-order chi connectivity index (χ0) is 19.5.